The van der Waals surface area contributed by atoms with Crippen LogP contribution < -0.4 is 5.32 Å². The van der Waals surface area contributed by atoms with E-state index in [4.69, 9.17) is 23.7 Å². The zero-order chi connectivity index (χ0) is 33.1. The zero-order valence-corrected chi connectivity index (χ0v) is 27.5. The molecule has 9 unspecified atom stereocenters. The number of esters is 1. The lowest BCUT2D eigenvalue weighted by Gasteiger charge is -2.48. The SMILES string of the molecule is CC(=O)NC1C(OC2OC(C(=O)OC/C=C(\C)CCC=C(C)C)C(OCC(C)C)C(O)C2O)C(O)C(CO)O[C@@H]1CC(C)C. The van der Waals surface area contributed by atoms with Crippen molar-refractivity contribution in [1.29, 1.82) is 0 Å². The molecule has 10 atom stereocenters. The molecule has 12 heteroatoms. The predicted molar refractivity (Wildman–Crippen MR) is 162 cm³/mol. The molecule has 0 bridgehead atoms. The zero-order valence-electron chi connectivity index (χ0n) is 27.5. The first kappa shape index (κ1) is 38.3. The highest BCUT2D eigenvalue weighted by Crippen LogP contribution is 2.32. The second kappa shape index (κ2) is 18.3. The van der Waals surface area contributed by atoms with Crippen molar-refractivity contribution in [3.63, 3.8) is 0 Å². The Morgan fingerprint density at radius 1 is 0.886 bits per heavy atom. The molecule has 2 heterocycles. The van der Waals surface area contributed by atoms with Gasteiger partial charge in [0.1, 0.15) is 43.2 Å². The van der Waals surface area contributed by atoms with Gasteiger partial charge >= 0.3 is 5.97 Å². The summed E-state index contributed by atoms with van der Waals surface area (Å²) in [6.45, 7) is 14.6. The summed E-state index contributed by atoms with van der Waals surface area (Å²) in [4.78, 5) is 25.4. The van der Waals surface area contributed by atoms with Crippen LogP contribution in [0.1, 0.15) is 74.7 Å². The summed E-state index contributed by atoms with van der Waals surface area (Å²) < 4.78 is 29.2. The van der Waals surface area contributed by atoms with Gasteiger partial charge in [-0.1, -0.05) is 44.9 Å². The number of aliphatic hydroxyl groups excluding tert-OH is 4. The molecule has 0 aromatic rings. The average molecular weight is 630 g/mol. The van der Waals surface area contributed by atoms with Crippen molar-refractivity contribution >= 4 is 11.9 Å². The van der Waals surface area contributed by atoms with Crippen molar-refractivity contribution in [3.8, 4) is 0 Å². The number of aliphatic hydroxyl groups is 4. The van der Waals surface area contributed by atoms with Crippen molar-refractivity contribution in [3.05, 3.63) is 23.3 Å². The van der Waals surface area contributed by atoms with Crippen LogP contribution in [-0.4, -0.2) is 113 Å². The first-order valence-electron chi connectivity index (χ1n) is 15.6. The Morgan fingerprint density at radius 3 is 2.14 bits per heavy atom. The van der Waals surface area contributed by atoms with Gasteiger partial charge in [0, 0.05) is 13.5 Å². The molecule has 0 aliphatic carbocycles. The van der Waals surface area contributed by atoms with Gasteiger partial charge in [-0.05, 0) is 57.9 Å². The predicted octanol–water partition coefficient (Wildman–Crippen LogP) is 1.77. The normalized spacial score (nSPS) is 32.9. The Morgan fingerprint density at radius 2 is 1.57 bits per heavy atom. The second-order valence-corrected chi connectivity index (χ2v) is 12.9. The third kappa shape index (κ3) is 11.5. The molecule has 44 heavy (non-hydrogen) atoms. The quantitative estimate of drug-likeness (QED) is 0.132. The Labute approximate surface area is 261 Å². The summed E-state index contributed by atoms with van der Waals surface area (Å²) in [7, 11) is 0. The van der Waals surface area contributed by atoms with Gasteiger partial charge in [0.25, 0.3) is 0 Å². The maximum atomic E-state index is 13.3. The van der Waals surface area contributed by atoms with Crippen LogP contribution in [0.5, 0.6) is 0 Å². The molecule has 2 aliphatic rings. The van der Waals surface area contributed by atoms with Crippen molar-refractivity contribution in [2.45, 2.75) is 136 Å². The van der Waals surface area contributed by atoms with E-state index in [9.17, 15) is 30.0 Å². The highest BCUT2D eigenvalue weighted by Gasteiger charge is 2.53. The topological polar surface area (TPSA) is 173 Å². The Bertz CT molecular complexity index is 964. The molecule has 0 aromatic heterocycles. The minimum absolute atomic E-state index is 0.0290. The second-order valence-electron chi connectivity index (χ2n) is 12.9. The minimum atomic E-state index is -1.68. The molecule has 254 valence electrons. The van der Waals surface area contributed by atoms with Crippen LogP contribution in [0.4, 0.5) is 0 Å². The maximum Gasteiger partial charge on any atom is 0.338 e. The minimum Gasteiger partial charge on any atom is -0.459 e. The number of hydrogen-bond donors (Lipinski definition) is 5. The van der Waals surface area contributed by atoms with Crippen LogP contribution >= 0.6 is 0 Å². The molecule has 2 rings (SSSR count). The standard InChI is InChI=1S/C32H55NO11/c1-17(2)10-9-11-20(7)12-13-40-31(39)30-29(41-16-19(5)6)26(37)27(38)32(44-30)43-28-24(33-21(8)35)22(14-18(3)4)42-23(15-34)25(28)36/h10,12,18-19,22-30,32,34,36-38H,9,11,13-16H2,1-8H3,(H,33,35)/b20-12+/t22-,23?,24?,25?,26?,27?,28?,29?,30?,32?/m1/s1. The van der Waals surface area contributed by atoms with Crippen LogP contribution in [0.3, 0.4) is 0 Å². The first-order chi connectivity index (χ1) is 20.7. The molecule has 0 spiro atoms. The summed E-state index contributed by atoms with van der Waals surface area (Å²) in [5.74, 6) is -1.04. The van der Waals surface area contributed by atoms with Crippen molar-refractivity contribution in [2.75, 3.05) is 19.8 Å². The fraction of sp³-hybridized carbons (Fsp3) is 0.812. The molecule has 2 fully saturated rings. The fourth-order valence-corrected chi connectivity index (χ4v) is 5.24. The van der Waals surface area contributed by atoms with Crippen LogP contribution in [0.25, 0.3) is 0 Å². The average Bonchev–Trinajstić information content (AvgIpc) is 2.92. The lowest BCUT2D eigenvalue weighted by Crippen LogP contribution is -2.68. The molecule has 0 radical (unpaired) electrons. The molecule has 12 nitrogen and oxygen atoms in total. The number of hydrogen-bond acceptors (Lipinski definition) is 11. The number of carbonyl (C=O) groups excluding carboxylic acids is 2. The number of allylic oxidation sites excluding steroid dienone is 3. The van der Waals surface area contributed by atoms with Gasteiger partial charge in [-0.25, -0.2) is 4.79 Å². The smallest absolute Gasteiger partial charge is 0.338 e. The van der Waals surface area contributed by atoms with Gasteiger partial charge in [0.05, 0.1) is 18.8 Å². The summed E-state index contributed by atoms with van der Waals surface area (Å²) in [5, 5.41) is 45.9. The summed E-state index contributed by atoms with van der Waals surface area (Å²) in [6, 6.07) is -0.889. The third-order valence-corrected chi connectivity index (χ3v) is 7.51. The number of ether oxygens (including phenoxy) is 5. The van der Waals surface area contributed by atoms with E-state index >= 15 is 0 Å². The molecule has 0 saturated carbocycles. The van der Waals surface area contributed by atoms with E-state index in [1.165, 1.54) is 12.5 Å². The van der Waals surface area contributed by atoms with E-state index in [1.54, 1.807) is 6.08 Å². The fourth-order valence-electron chi connectivity index (χ4n) is 5.24. The molecule has 2 aliphatic heterocycles. The molecule has 0 aromatic carbocycles. The number of carbonyl (C=O) groups is 2. The summed E-state index contributed by atoms with van der Waals surface area (Å²) >= 11 is 0. The molecule has 2 saturated heterocycles. The lowest BCUT2D eigenvalue weighted by molar-refractivity contribution is -0.331. The molecule has 1 amide bonds. The van der Waals surface area contributed by atoms with Crippen molar-refractivity contribution < 1.29 is 53.7 Å². The molecule has 5 N–H and O–H groups in total. The van der Waals surface area contributed by atoms with E-state index in [1.807, 2.05) is 48.5 Å². The Kier molecular flexibility index (Phi) is 15.9. The van der Waals surface area contributed by atoms with Gasteiger partial charge in [-0.2, -0.15) is 0 Å². The lowest BCUT2D eigenvalue weighted by atomic mass is 9.88. The van der Waals surface area contributed by atoms with Crippen LogP contribution in [0.15, 0.2) is 23.3 Å². The summed E-state index contributed by atoms with van der Waals surface area (Å²) in [6.07, 6.45) is -5.93. The highest BCUT2D eigenvalue weighted by molar-refractivity contribution is 5.76. The maximum absolute atomic E-state index is 13.3. The van der Waals surface area contributed by atoms with E-state index in [0.717, 1.165) is 18.4 Å². The molecular formula is C32H55NO11. The van der Waals surface area contributed by atoms with Crippen molar-refractivity contribution in [1.82, 2.24) is 5.32 Å². The Balaban J connectivity index is 2.30. The molecular weight excluding hydrogens is 574 g/mol. The van der Waals surface area contributed by atoms with Gasteiger partial charge < -0.3 is 49.4 Å². The van der Waals surface area contributed by atoms with Gasteiger partial charge in [-0.3, -0.25) is 4.79 Å². The van der Waals surface area contributed by atoms with Gasteiger partial charge in [-0.15, -0.1) is 0 Å². The van der Waals surface area contributed by atoms with Gasteiger partial charge in [0.2, 0.25) is 5.91 Å². The van der Waals surface area contributed by atoms with Gasteiger partial charge in [0.15, 0.2) is 12.4 Å². The van der Waals surface area contributed by atoms with Crippen LogP contribution in [0, 0.1) is 11.8 Å². The first-order valence-corrected chi connectivity index (χ1v) is 15.6. The van der Waals surface area contributed by atoms with Crippen molar-refractivity contribution in [2.24, 2.45) is 11.8 Å². The Hall–Kier alpha value is -1.90. The number of nitrogens with one attached hydrogen (secondary N) is 1. The third-order valence-electron chi connectivity index (χ3n) is 7.51. The van der Waals surface area contributed by atoms with Crippen LogP contribution in [-0.2, 0) is 33.3 Å². The number of amides is 1. The van der Waals surface area contributed by atoms with Crippen LogP contribution in [0.2, 0.25) is 0 Å². The largest absolute Gasteiger partial charge is 0.459 e. The van der Waals surface area contributed by atoms with E-state index < -0.39 is 79.6 Å². The monoisotopic (exact) mass is 629 g/mol. The van der Waals surface area contributed by atoms with E-state index in [2.05, 4.69) is 11.4 Å². The summed E-state index contributed by atoms with van der Waals surface area (Å²) in [5.41, 5.74) is 2.26. The van der Waals surface area contributed by atoms with E-state index in [0.29, 0.717) is 6.42 Å². The number of rotatable bonds is 15. The highest BCUT2D eigenvalue weighted by atomic mass is 16.7. The van der Waals surface area contributed by atoms with E-state index in [-0.39, 0.29) is 25.0 Å².